The molecule has 1 aromatic heterocycles. The zero-order chi connectivity index (χ0) is 13.0. The van der Waals surface area contributed by atoms with Crippen LogP contribution in [0.15, 0.2) is 12.1 Å². The summed E-state index contributed by atoms with van der Waals surface area (Å²) in [5.74, 6) is 0. The average Bonchev–Trinajstić information content (AvgIpc) is 2.77. The Bertz CT molecular complexity index is 399. The van der Waals surface area contributed by atoms with Crippen LogP contribution < -0.4 is 10.6 Å². The highest BCUT2D eigenvalue weighted by Crippen LogP contribution is 2.26. The number of nitrogens with one attached hydrogen (secondary N) is 2. The van der Waals surface area contributed by atoms with E-state index in [-0.39, 0.29) is 6.04 Å². The molecule has 1 aliphatic rings. The summed E-state index contributed by atoms with van der Waals surface area (Å²) in [6, 6.07) is 4.74. The van der Waals surface area contributed by atoms with Crippen LogP contribution in [0.2, 0.25) is 4.34 Å². The molecule has 2 rings (SSSR count). The van der Waals surface area contributed by atoms with Crippen molar-refractivity contribution in [1.29, 1.82) is 0 Å². The summed E-state index contributed by atoms with van der Waals surface area (Å²) < 4.78 is 0.824. The van der Waals surface area contributed by atoms with E-state index >= 15 is 0 Å². The van der Waals surface area contributed by atoms with Gasteiger partial charge in [0.15, 0.2) is 5.11 Å². The molecule has 0 aliphatic heterocycles. The van der Waals surface area contributed by atoms with Crippen molar-refractivity contribution in [1.82, 2.24) is 10.6 Å². The van der Waals surface area contributed by atoms with Crippen molar-refractivity contribution in [2.45, 2.75) is 51.1 Å². The Hall–Kier alpha value is -0.320. The van der Waals surface area contributed by atoms with Crippen molar-refractivity contribution >= 4 is 40.3 Å². The zero-order valence-electron chi connectivity index (χ0n) is 10.5. The highest BCUT2D eigenvalue weighted by Gasteiger charge is 2.15. The molecule has 1 heterocycles. The molecule has 2 N–H and O–H groups in total. The van der Waals surface area contributed by atoms with Gasteiger partial charge in [0, 0.05) is 10.9 Å². The first-order valence-corrected chi connectivity index (χ1v) is 8.07. The molecule has 1 saturated carbocycles. The van der Waals surface area contributed by atoms with Crippen LogP contribution in [0.5, 0.6) is 0 Å². The van der Waals surface area contributed by atoms with Crippen molar-refractivity contribution in [2.24, 2.45) is 0 Å². The van der Waals surface area contributed by atoms with E-state index in [2.05, 4.69) is 17.6 Å². The van der Waals surface area contributed by atoms with Crippen molar-refractivity contribution in [3.8, 4) is 0 Å². The van der Waals surface area contributed by atoms with E-state index in [0.29, 0.717) is 6.04 Å². The summed E-state index contributed by atoms with van der Waals surface area (Å²) in [6.45, 7) is 2.11. The van der Waals surface area contributed by atoms with Gasteiger partial charge in [0.2, 0.25) is 0 Å². The molecule has 5 heteroatoms. The molecule has 0 saturated heterocycles. The number of thiocarbonyl (C=S) groups is 1. The molecule has 18 heavy (non-hydrogen) atoms. The molecular formula is C13H19ClN2S2. The number of hydrogen-bond donors (Lipinski definition) is 2. The standard InChI is InChI=1S/C13H19ClN2S2/c1-9(11-7-8-12(14)18-11)15-13(17)16-10-5-3-2-4-6-10/h7-10H,2-6H2,1H3,(H2,15,16,17). The van der Waals surface area contributed by atoms with E-state index in [1.54, 1.807) is 11.3 Å². The summed E-state index contributed by atoms with van der Waals surface area (Å²) >= 11 is 12.9. The van der Waals surface area contributed by atoms with Gasteiger partial charge in [-0.2, -0.15) is 0 Å². The van der Waals surface area contributed by atoms with Gasteiger partial charge in [-0.05, 0) is 44.1 Å². The highest BCUT2D eigenvalue weighted by atomic mass is 35.5. The first kappa shape index (κ1) is 14.1. The maximum atomic E-state index is 5.94. The van der Waals surface area contributed by atoms with Gasteiger partial charge in [0.25, 0.3) is 0 Å². The summed E-state index contributed by atoms with van der Waals surface area (Å²) in [6.07, 6.45) is 6.47. The van der Waals surface area contributed by atoms with E-state index in [1.165, 1.54) is 37.0 Å². The fourth-order valence-corrected chi connectivity index (χ4v) is 3.71. The maximum Gasteiger partial charge on any atom is 0.167 e. The second kappa shape index (κ2) is 6.73. The van der Waals surface area contributed by atoms with Gasteiger partial charge in [-0.15, -0.1) is 11.3 Å². The quantitative estimate of drug-likeness (QED) is 0.816. The molecule has 1 aromatic rings. The fraction of sp³-hybridized carbons (Fsp3) is 0.615. The molecule has 2 nitrogen and oxygen atoms in total. The molecule has 1 atom stereocenters. The van der Waals surface area contributed by atoms with Crippen molar-refractivity contribution in [3.05, 3.63) is 21.3 Å². The smallest absolute Gasteiger partial charge is 0.167 e. The summed E-state index contributed by atoms with van der Waals surface area (Å²) in [5.41, 5.74) is 0. The normalized spacial score (nSPS) is 18.3. The third kappa shape index (κ3) is 4.11. The molecule has 1 unspecified atom stereocenters. The van der Waals surface area contributed by atoms with E-state index < -0.39 is 0 Å². The van der Waals surface area contributed by atoms with Gasteiger partial charge in [-0.3, -0.25) is 0 Å². The summed E-state index contributed by atoms with van der Waals surface area (Å²) in [5, 5.41) is 7.51. The molecule has 0 aromatic carbocycles. The molecule has 1 aliphatic carbocycles. The minimum atomic E-state index is 0.214. The molecule has 0 radical (unpaired) electrons. The third-order valence-corrected chi connectivity index (χ3v) is 4.96. The van der Waals surface area contributed by atoms with E-state index in [4.69, 9.17) is 23.8 Å². The molecule has 100 valence electrons. The lowest BCUT2D eigenvalue weighted by molar-refractivity contribution is 0.411. The lowest BCUT2D eigenvalue weighted by atomic mass is 9.96. The number of thiophene rings is 1. The molecule has 0 spiro atoms. The van der Waals surface area contributed by atoms with E-state index in [9.17, 15) is 0 Å². The van der Waals surface area contributed by atoms with Crippen LogP contribution >= 0.6 is 35.2 Å². The Morgan fingerprint density at radius 3 is 2.72 bits per heavy atom. The van der Waals surface area contributed by atoms with Crippen molar-refractivity contribution < 1.29 is 0 Å². The van der Waals surface area contributed by atoms with E-state index in [1.807, 2.05) is 12.1 Å². The van der Waals surface area contributed by atoms with Crippen LogP contribution in [0.1, 0.15) is 49.9 Å². The van der Waals surface area contributed by atoms with Gasteiger partial charge in [0.05, 0.1) is 10.4 Å². The van der Waals surface area contributed by atoms with Crippen LogP contribution in [-0.2, 0) is 0 Å². The third-order valence-electron chi connectivity index (χ3n) is 3.31. The monoisotopic (exact) mass is 302 g/mol. The minimum Gasteiger partial charge on any atom is -0.360 e. The number of rotatable bonds is 3. The predicted molar refractivity (Wildman–Crippen MR) is 83.5 cm³/mol. The molecular weight excluding hydrogens is 284 g/mol. The van der Waals surface area contributed by atoms with E-state index in [0.717, 1.165) is 9.45 Å². The molecule has 1 fully saturated rings. The Labute approximate surface area is 123 Å². The first-order valence-electron chi connectivity index (χ1n) is 6.47. The fourth-order valence-electron chi connectivity index (χ4n) is 2.30. The Kier molecular flexibility index (Phi) is 5.27. The Morgan fingerprint density at radius 1 is 1.39 bits per heavy atom. The second-order valence-electron chi connectivity index (χ2n) is 4.82. The highest BCUT2D eigenvalue weighted by molar-refractivity contribution is 7.80. The van der Waals surface area contributed by atoms with Crippen LogP contribution in [0, 0.1) is 0 Å². The number of hydrogen-bond acceptors (Lipinski definition) is 2. The van der Waals surface area contributed by atoms with Crippen LogP contribution in [-0.4, -0.2) is 11.2 Å². The predicted octanol–water partition coefficient (Wildman–Crippen LogP) is 4.26. The second-order valence-corrected chi connectivity index (χ2v) is 6.97. The summed E-state index contributed by atoms with van der Waals surface area (Å²) in [4.78, 5) is 1.22. The van der Waals surface area contributed by atoms with Gasteiger partial charge in [-0.25, -0.2) is 0 Å². The van der Waals surface area contributed by atoms with Crippen LogP contribution in [0.4, 0.5) is 0 Å². The minimum absolute atomic E-state index is 0.214. The average molecular weight is 303 g/mol. The maximum absolute atomic E-state index is 5.94. The Morgan fingerprint density at radius 2 is 2.11 bits per heavy atom. The lowest BCUT2D eigenvalue weighted by Gasteiger charge is -2.25. The topological polar surface area (TPSA) is 24.1 Å². The molecule has 0 bridgehead atoms. The van der Waals surface area contributed by atoms with Crippen molar-refractivity contribution in [2.75, 3.05) is 0 Å². The summed E-state index contributed by atoms with van der Waals surface area (Å²) in [7, 11) is 0. The Balaban J connectivity index is 1.79. The lowest BCUT2D eigenvalue weighted by Crippen LogP contribution is -2.43. The van der Waals surface area contributed by atoms with Gasteiger partial charge >= 0.3 is 0 Å². The van der Waals surface area contributed by atoms with Crippen LogP contribution in [0.3, 0.4) is 0 Å². The van der Waals surface area contributed by atoms with Crippen LogP contribution in [0.25, 0.3) is 0 Å². The largest absolute Gasteiger partial charge is 0.360 e. The zero-order valence-corrected chi connectivity index (χ0v) is 12.9. The van der Waals surface area contributed by atoms with Gasteiger partial charge in [-0.1, -0.05) is 30.9 Å². The SMILES string of the molecule is CC(NC(=S)NC1CCCCC1)c1ccc(Cl)s1. The van der Waals surface area contributed by atoms with Crippen molar-refractivity contribution in [3.63, 3.8) is 0 Å². The number of halogens is 1. The van der Waals surface area contributed by atoms with Gasteiger partial charge < -0.3 is 10.6 Å². The van der Waals surface area contributed by atoms with Gasteiger partial charge in [0.1, 0.15) is 0 Å². The molecule has 0 amide bonds. The first-order chi connectivity index (χ1) is 8.65.